The van der Waals surface area contributed by atoms with Crippen LogP contribution in [-0.2, 0) is 38.3 Å². The molecule has 1 aromatic heterocycles. The highest BCUT2D eigenvalue weighted by atomic mass is 16.6. The molecule has 0 saturated carbocycles. The maximum atomic E-state index is 11.9. The molecule has 1 heterocycles. The van der Waals surface area contributed by atoms with E-state index in [4.69, 9.17) is 19.9 Å². The van der Waals surface area contributed by atoms with E-state index in [9.17, 15) is 14.7 Å². The number of esters is 2. The maximum Gasteiger partial charge on any atom is 0.302 e. The third-order valence-corrected chi connectivity index (χ3v) is 7.20. The Morgan fingerprint density at radius 1 is 0.833 bits per heavy atom. The highest BCUT2D eigenvalue weighted by Gasteiger charge is 2.22. The molecule has 8 heteroatoms. The zero-order chi connectivity index (χ0) is 30.3. The lowest BCUT2D eigenvalue weighted by Crippen LogP contribution is -2.27. The fraction of sp³-hybridized carbons (Fsp3) is 0.441. The molecule has 8 nitrogen and oxygen atoms in total. The summed E-state index contributed by atoms with van der Waals surface area (Å²) in [6.45, 7) is 2.80. The summed E-state index contributed by atoms with van der Waals surface area (Å²) in [5.41, 5.74) is 9.72. The number of aromatic nitrogens is 1. The minimum atomic E-state index is -0.423. The number of ether oxygens (including phenoxy) is 3. The minimum absolute atomic E-state index is 0.0758. The number of phenols is 1. The van der Waals surface area contributed by atoms with Gasteiger partial charge >= 0.3 is 11.9 Å². The standard InChI is InChI=1S/C34H44N2O6/c1-24(37)41-30(14-10-5-4-7-11-26-12-8-6-9-13-26)23-31(42-25(2)38)16-15-27-19-29(34(39)32(21-27)40-3)20-28-17-18-36-33(35)22-28/h6,8-9,12-13,17-19,21-22,30-31,39H,4-5,7,10-11,14-16,20,23H2,1-3H3,(H2,35,36). The smallest absolute Gasteiger partial charge is 0.302 e. The van der Waals surface area contributed by atoms with E-state index in [-0.39, 0.29) is 23.8 Å². The number of carbonyl (C=O) groups is 2. The van der Waals surface area contributed by atoms with Gasteiger partial charge in [-0.15, -0.1) is 0 Å². The predicted molar refractivity (Wildman–Crippen MR) is 163 cm³/mol. The topological polar surface area (TPSA) is 121 Å². The lowest BCUT2D eigenvalue weighted by molar-refractivity contribution is -0.153. The van der Waals surface area contributed by atoms with Crippen molar-refractivity contribution in [2.45, 2.75) is 90.3 Å². The highest BCUT2D eigenvalue weighted by molar-refractivity contribution is 5.66. The van der Waals surface area contributed by atoms with Crippen molar-refractivity contribution in [2.75, 3.05) is 12.8 Å². The van der Waals surface area contributed by atoms with Gasteiger partial charge in [-0.05, 0) is 73.4 Å². The molecule has 2 atom stereocenters. The number of nitrogen functional groups attached to an aromatic ring is 1. The fourth-order valence-corrected chi connectivity index (χ4v) is 5.23. The number of hydrogen-bond donors (Lipinski definition) is 2. The van der Waals surface area contributed by atoms with Crippen molar-refractivity contribution in [1.29, 1.82) is 0 Å². The summed E-state index contributed by atoms with van der Waals surface area (Å²) in [5.74, 6) is 0.149. The molecule has 0 amide bonds. The predicted octanol–water partition coefficient (Wildman–Crippen LogP) is 6.35. The second kappa shape index (κ2) is 17.0. The van der Waals surface area contributed by atoms with Gasteiger partial charge in [0.15, 0.2) is 11.5 Å². The summed E-state index contributed by atoms with van der Waals surface area (Å²) in [5, 5.41) is 10.7. The van der Waals surface area contributed by atoms with E-state index in [1.807, 2.05) is 18.2 Å². The quantitative estimate of drug-likeness (QED) is 0.141. The molecule has 0 bridgehead atoms. The monoisotopic (exact) mass is 576 g/mol. The number of anilines is 1. The number of hydrogen-bond acceptors (Lipinski definition) is 8. The third-order valence-electron chi connectivity index (χ3n) is 7.20. The van der Waals surface area contributed by atoms with Crippen molar-refractivity contribution in [2.24, 2.45) is 0 Å². The maximum absolute atomic E-state index is 11.9. The fourth-order valence-electron chi connectivity index (χ4n) is 5.23. The highest BCUT2D eigenvalue weighted by Crippen LogP contribution is 2.34. The van der Waals surface area contributed by atoms with Crippen molar-refractivity contribution < 1.29 is 28.9 Å². The molecular formula is C34H44N2O6. The number of nitrogens with zero attached hydrogens (tertiary/aromatic N) is 1. The van der Waals surface area contributed by atoms with Gasteiger partial charge in [0.05, 0.1) is 7.11 Å². The molecule has 3 N–H and O–H groups in total. The Kier molecular flexibility index (Phi) is 13.1. The Hall–Kier alpha value is -4.07. The summed E-state index contributed by atoms with van der Waals surface area (Å²) in [6, 6.07) is 17.8. The molecule has 0 radical (unpaired) electrons. The number of aromatic hydroxyl groups is 1. The Bertz CT molecular complexity index is 1280. The van der Waals surface area contributed by atoms with E-state index in [0.29, 0.717) is 42.8 Å². The van der Waals surface area contributed by atoms with Crippen LogP contribution in [0.5, 0.6) is 11.5 Å². The third kappa shape index (κ3) is 11.4. The second-order valence-electron chi connectivity index (χ2n) is 10.7. The number of nitrogens with two attached hydrogens (primary N) is 1. The number of carbonyl (C=O) groups excluding carboxylic acids is 2. The number of rotatable bonds is 17. The van der Waals surface area contributed by atoms with Crippen LogP contribution in [0.3, 0.4) is 0 Å². The number of methoxy groups -OCH3 is 1. The lowest BCUT2D eigenvalue weighted by atomic mass is 9.96. The van der Waals surface area contributed by atoms with Crippen LogP contribution < -0.4 is 10.5 Å². The molecule has 0 aliphatic rings. The number of phenolic OH excluding ortho intramolecular Hbond substituents is 1. The molecule has 42 heavy (non-hydrogen) atoms. The van der Waals surface area contributed by atoms with Gasteiger partial charge in [-0.25, -0.2) is 4.98 Å². The summed E-state index contributed by atoms with van der Waals surface area (Å²) in [4.78, 5) is 27.8. The zero-order valence-corrected chi connectivity index (χ0v) is 25.0. The van der Waals surface area contributed by atoms with Gasteiger partial charge in [0, 0.05) is 38.4 Å². The average molecular weight is 577 g/mol. The number of aryl methyl sites for hydroxylation is 2. The van der Waals surface area contributed by atoms with Gasteiger partial charge in [-0.3, -0.25) is 9.59 Å². The zero-order valence-electron chi connectivity index (χ0n) is 25.0. The first-order valence-electron chi connectivity index (χ1n) is 14.7. The van der Waals surface area contributed by atoms with Crippen LogP contribution in [0.25, 0.3) is 0 Å². The minimum Gasteiger partial charge on any atom is -0.504 e. The average Bonchev–Trinajstić information content (AvgIpc) is 2.95. The van der Waals surface area contributed by atoms with E-state index in [0.717, 1.165) is 49.7 Å². The second-order valence-corrected chi connectivity index (χ2v) is 10.7. The Morgan fingerprint density at radius 2 is 1.52 bits per heavy atom. The van der Waals surface area contributed by atoms with E-state index in [1.54, 1.807) is 18.3 Å². The van der Waals surface area contributed by atoms with Gasteiger partial charge in [0.1, 0.15) is 18.0 Å². The Morgan fingerprint density at radius 3 is 2.19 bits per heavy atom. The summed E-state index contributed by atoms with van der Waals surface area (Å²) >= 11 is 0. The molecule has 0 spiro atoms. The molecule has 2 aromatic carbocycles. The number of pyridine rings is 1. The van der Waals surface area contributed by atoms with Crippen molar-refractivity contribution in [3.8, 4) is 11.5 Å². The van der Waals surface area contributed by atoms with E-state index < -0.39 is 6.10 Å². The molecule has 3 aromatic rings. The van der Waals surface area contributed by atoms with E-state index in [2.05, 4.69) is 29.2 Å². The van der Waals surface area contributed by atoms with E-state index in [1.165, 1.54) is 26.5 Å². The molecule has 0 aliphatic carbocycles. The van der Waals surface area contributed by atoms with Crippen LogP contribution in [-0.4, -0.2) is 41.3 Å². The Balaban J connectivity index is 1.60. The van der Waals surface area contributed by atoms with Crippen LogP contribution in [0.4, 0.5) is 5.82 Å². The van der Waals surface area contributed by atoms with Crippen molar-refractivity contribution in [1.82, 2.24) is 4.98 Å². The summed E-state index contributed by atoms with van der Waals surface area (Å²) in [7, 11) is 1.51. The van der Waals surface area contributed by atoms with Crippen molar-refractivity contribution in [3.05, 3.63) is 83.0 Å². The van der Waals surface area contributed by atoms with E-state index >= 15 is 0 Å². The molecular weight excluding hydrogens is 532 g/mol. The van der Waals surface area contributed by atoms with Crippen molar-refractivity contribution >= 4 is 17.8 Å². The van der Waals surface area contributed by atoms with Crippen LogP contribution >= 0.6 is 0 Å². The van der Waals surface area contributed by atoms with Gasteiger partial charge in [-0.2, -0.15) is 0 Å². The van der Waals surface area contributed by atoms with Crippen molar-refractivity contribution in [3.63, 3.8) is 0 Å². The SMILES string of the molecule is COc1cc(CCC(CC(CCCCCCc2ccccc2)OC(C)=O)OC(C)=O)cc(Cc2ccnc(N)c2)c1O. The molecule has 226 valence electrons. The van der Waals surface area contributed by atoms with Crippen LogP contribution in [0.2, 0.25) is 0 Å². The van der Waals surface area contributed by atoms with Gasteiger partial charge in [-0.1, -0.05) is 49.2 Å². The van der Waals surface area contributed by atoms with Crippen LogP contribution in [0.15, 0.2) is 60.8 Å². The molecule has 2 unspecified atom stereocenters. The Labute approximate surface area is 249 Å². The summed E-state index contributed by atoms with van der Waals surface area (Å²) in [6.07, 6.45) is 8.84. The molecule has 0 fully saturated rings. The first kappa shape index (κ1) is 32.4. The normalized spacial score (nSPS) is 12.4. The lowest BCUT2D eigenvalue weighted by Gasteiger charge is -2.24. The molecule has 0 saturated heterocycles. The van der Waals surface area contributed by atoms with Gasteiger partial charge in [0.25, 0.3) is 0 Å². The first-order valence-corrected chi connectivity index (χ1v) is 14.7. The number of benzene rings is 2. The van der Waals surface area contributed by atoms with Gasteiger partial charge in [0.2, 0.25) is 0 Å². The summed E-state index contributed by atoms with van der Waals surface area (Å²) < 4.78 is 16.7. The number of unbranched alkanes of at least 4 members (excludes halogenated alkanes) is 3. The first-order chi connectivity index (χ1) is 20.2. The van der Waals surface area contributed by atoms with Crippen LogP contribution in [0, 0.1) is 0 Å². The molecule has 3 rings (SSSR count). The largest absolute Gasteiger partial charge is 0.504 e. The van der Waals surface area contributed by atoms with Gasteiger partial charge < -0.3 is 25.1 Å². The van der Waals surface area contributed by atoms with Crippen LogP contribution in [0.1, 0.15) is 81.0 Å². The molecule has 0 aliphatic heterocycles.